The second kappa shape index (κ2) is 6.69. The van der Waals surface area contributed by atoms with E-state index in [4.69, 9.17) is 10.2 Å². The van der Waals surface area contributed by atoms with Gasteiger partial charge in [0.05, 0.1) is 6.54 Å². The zero-order valence-electron chi connectivity index (χ0n) is 10.8. The number of hydrogen-bond acceptors (Lipinski definition) is 5. The molecule has 2 amide bonds. The number of aromatic amines is 1. The summed E-state index contributed by atoms with van der Waals surface area (Å²) in [4.78, 5) is 27.9. The Hall–Kier alpha value is -2.16. The smallest absolute Gasteiger partial charge is 0.326 e. The van der Waals surface area contributed by atoms with Gasteiger partial charge in [-0.1, -0.05) is 0 Å². The van der Waals surface area contributed by atoms with Gasteiger partial charge in [-0.3, -0.25) is 5.10 Å². The van der Waals surface area contributed by atoms with Crippen LogP contribution in [-0.2, 0) is 11.3 Å². The van der Waals surface area contributed by atoms with E-state index in [1.165, 1.54) is 11.9 Å². The number of carboxylic acid groups (broad SMARTS) is 1. The highest BCUT2D eigenvalue weighted by Gasteiger charge is 2.21. The van der Waals surface area contributed by atoms with Crippen molar-refractivity contribution in [3.63, 3.8) is 0 Å². The lowest BCUT2D eigenvalue weighted by molar-refractivity contribution is -0.139. The van der Waals surface area contributed by atoms with Gasteiger partial charge in [-0.15, -0.1) is 0 Å². The second-order valence-electron chi connectivity index (χ2n) is 4.05. The number of aliphatic hydroxyl groups is 1. The average Bonchev–Trinajstić information content (AvgIpc) is 2.73. The zero-order chi connectivity index (χ0) is 14.4. The molecule has 1 aromatic rings. The van der Waals surface area contributed by atoms with E-state index in [1.54, 1.807) is 6.92 Å². The minimum Gasteiger partial charge on any atom is -0.480 e. The molecule has 9 heteroatoms. The van der Waals surface area contributed by atoms with Gasteiger partial charge < -0.3 is 20.4 Å². The topological polar surface area (TPSA) is 131 Å². The Bertz CT molecular complexity index is 447. The highest BCUT2D eigenvalue weighted by atomic mass is 16.4. The van der Waals surface area contributed by atoms with Crippen LogP contribution in [0.2, 0.25) is 0 Å². The Morgan fingerprint density at radius 2 is 2.21 bits per heavy atom. The number of amides is 2. The van der Waals surface area contributed by atoms with Gasteiger partial charge in [0.25, 0.3) is 0 Å². The Kier molecular flexibility index (Phi) is 5.24. The van der Waals surface area contributed by atoms with Crippen molar-refractivity contribution in [2.45, 2.75) is 25.9 Å². The lowest BCUT2D eigenvalue weighted by Gasteiger charge is -2.19. The number of aryl methyl sites for hydroxylation is 1. The monoisotopic (exact) mass is 271 g/mol. The summed E-state index contributed by atoms with van der Waals surface area (Å²) in [5, 5.41) is 26.4. The van der Waals surface area contributed by atoms with Crippen molar-refractivity contribution in [2.24, 2.45) is 0 Å². The maximum Gasteiger partial charge on any atom is 0.326 e. The lowest BCUT2D eigenvalue weighted by Crippen LogP contribution is -2.46. The van der Waals surface area contributed by atoms with Crippen LogP contribution in [0.15, 0.2) is 0 Å². The molecule has 0 spiro atoms. The number of aromatic nitrogens is 3. The molecule has 0 saturated heterocycles. The van der Waals surface area contributed by atoms with Gasteiger partial charge in [0.1, 0.15) is 11.9 Å². The third kappa shape index (κ3) is 4.54. The van der Waals surface area contributed by atoms with Crippen LogP contribution in [0.1, 0.15) is 18.1 Å². The Morgan fingerprint density at radius 1 is 1.53 bits per heavy atom. The number of aliphatic hydroxyl groups excluding tert-OH is 1. The fourth-order valence-electron chi connectivity index (χ4n) is 1.39. The molecule has 1 heterocycles. The number of nitrogens with zero attached hydrogens (tertiary/aromatic N) is 3. The van der Waals surface area contributed by atoms with Crippen molar-refractivity contribution in [1.29, 1.82) is 0 Å². The Labute approximate surface area is 109 Å². The van der Waals surface area contributed by atoms with Crippen molar-refractivity contribution >= 4 is 12.0 Å². The molecule has 0 aliphatic heterocycles. The molecule has 1 atom stereocenters. The number of rotatable bonds is 6. The van der Waals surface area contributed by atoms with Gasteiger partial charge >= 0.3 is 12.0 Å². The molecule has 0 radical (unpaired) electrons. The third-order valence-corrected chi connectivity index (χ3v) is 2.38. The van der Waals surface area contributed by atoms with Crippen LogP contribution >= 0.6 is 0 Å². The second-order valence-corrected chi connectivity index (χ2v) is 4.05. The predicted octanol–water partition coefficient (Wildman–Crippen LogP) is -0.910. The Balaban J connectivity index is 2.54. The van der Waals surface area contributed by atoms with Crippen LogP contribution in [0, 0.1) is 6.92 Å². The maximum atomic E-state index is 11.7. The summed E-state index contributed by atoms with van der Waals surface area (Å²) in [6, 6.07) is -1.68. The molecule has 1 rings (SSSR count). The highest BCUT2D eigenvalue weighted by molar-refractivity contribution is 5.82. The first-order chi connectivity index (χ1) is 8.93. The van der Waals surface area contributed by atoms with E-state index in [1.807, 2.05) is 0 Å². The van der Waals surface area contributed by atoms with E-state index in [0.29, 0.717) is 11.6 Å². The highest BCUT2D eigenvalue weighted by Crippen LogP contribution is 1.99. The summed E-state index contributed by atoms with van der Waals surface area (Å²) in [7, 11) is 1.50. The lowest BCUT2D eigenvalue weighted by atomic mass is 10.2. The van der Waals surface area contributed by atoms with Gasteiger partial charge in [0.2, 0.25) is 0 Å². The van der Waals surface area contributed by atoms with Gasteiger partial charge in [0.15, 0.2) is 5.82 Å². The maximum absolute atomic E-state index is 11.7. The van der Waals surface area contributed by atoms with E-state index in [0.717, 1.165) is 0 Å². The number of carbonyl (C=O) groups excluding carboxylic acids is 1. The standard InChI is InChI=1S/C10H17N5O4/c1-6-11-8(14-13-6)5-15(2)10(19)12-7(3-4-16)9(17)18/h7,16H,3-5H2,1-2H3,(H,12,19)(H,17,18)(H,11,13,14)/t7-/m0/s1. The van der Waals surface area contributed by atoms with Gasteiger partial charge in [-0.05, 0) is 6.92 Å². The number of carboxylic acids is 1. The van der Waals surface area contributed by atoms with E-state index in [-0.39, 0.29) is 19.6 Å². The van der Waals surface area contributed by atoms with Gasteiger partial charge in [0, 0.05) is 20.1 Å². The molecule has 0 fully saturated rings. The minimum atomic E-state index is -1.19. The molecular formula is C10H17N5O4. The van der Waals surface area contributed by atoms with Crippen molar-refractivity contribution < 1.29 is 19.8 Å². The molecule has 19 heavy (non-hydrogen) atoms. The van der Waals surface area contributed by atoms with Crippen LogP contribution in [0.5, 0.6) is 0 Å². The largest absolute Gasteiger partial charge is 0.480 e. The summed E-state index contributed by atoms with van der Waals surface area (Å²) < 4.78 is 0. The first kappa shape index (κ1) is 14.9. The molecule has 9 nitrogen and oxygen atoms in total. The molecule has 0 aliphatic carbocycles. The Morgan fingerprint density at radius 3 is 2.68 bits per heavy atom. The fraction of sp³-hybridized carbons (Fsp3) is 0.600. The molecule has 106 valence electrons. The molecule has 0 unspecified atom stereocenters. The van der Waals surface area contributed by atoms with Crippen molar-refractivity contribution in [3.05, 3.63) is 11.6 Å². The zero-order valence-corrected chi connectivity index (χ0v) is 10.8. The first-order valence-corrected chi connectivity index (χ1v) is 5.67. The van der Waals surface area contributed by atoms with Crippen LogP contribution in [0.3, 0.4) is 0 Å². The summed E-state index contributed by atoms with van der Waals surface area (Å²) in [5.41, 5.74) is 0. The summed E-state index contributed by atoms with van der Waals surface area (Å²) in [6.45, 7) is 1.57. The SMILES string of the molecule is Cc1nc(CN(C)C(=O)N[C@@H](CCO)C(=O)O)n[nH]1. The number of aliphatic carboxylic acids is 1. The van der Waals surface area contributed by atoms with Crippen molar-refractivity contribution in [3.8, 4) is 0 Å². The normalized spacial score (nSPS) is 11.9. The molecule has 0 saturated carbocycles. The number of hydrogen-bond donors (Lipinski definition) is 4. The fourth-order valence-corrected chi connectivity index (χ4v) is 1.39. The van der Waals surface area contributed by atoms with Crippen LogP contribution in [0.4, 0.5) is 4.79 Å². The van der Waals surface area contributed by atoms with E-state index in [2.05, 4.69) is 20.5 Å². The number of nitrogens with one attached hydrogen (secondary N) is 2. The number of urea groups is 1. The van der Waals surface area contributed by atoms with E-state index >= 15 is 0 Å². The van der Waals surface area contributed by atoms with E-state index < -0.39 is 18.0 Å². The summed E-state index contributed by atoms with van der Waals surface area (Å²) >= 11 is 0. The molecule has 0 bridgehead atoms. The van der Waals surface area contributed by atoms with Crippen LogP contribution < -0.4 is 5.32 Å². The number of carbonyl (C=O) groups is 2. The molecule has 0 aliphatic rings. The minimum absolute atomic E-state index is 0.0469. The molecule has 1 aromatic heterocycles. The van der Waals surface area contributed by atoms with Crippen molar-refractivity contribution in [1.82, 2.24) is 25.4 Å². The summed E-state index contributed by atoms with van der Waals surface area (Å²) in [5.74, 6) is -0.124. The third-order valence-electron chi connectivity index (χ3n) is 2.38. The molecular weight excluding hydrogens is 254 g/mol. The quantitative estimate of drug-likeness (QED) is 0.529. The average molecular weight is 271 g/mol. The van der Waals surface area contributed by atoms with Crippen LogP contribution in [0.25, 0.3) is 0 Å². The van der Waals surface area contributed by atoms with E-state index in [9.17, 15) is 9.59 Å². The summed E-state index contributed by atoms with van der Waals surface area (Å²) in [6.07, 6.45) is -0.0469. The van der Waals surface area contributed by atoms with Crippen LogP contribution in [-0.4, -0.2) is 62.0 Å². The first-order valence-electron chi connectivity index (χ1n) is 5.67. The van der Waals surface area contributed by atoms with Gasteiger partial charge in [-0.2, -0.15) is 5.10 Å². The number of H-pyrrole nitrogens is 1. The predicted molar refractivity (Wildman–Crippen MR) is 64.2 cm³/mol. The van der Waals surface area contributed by atoms with Crippen molar-refractivity contribution in [2.75, 3.05) is 13.7 Å². The molecule has 0 aromatic carbocycles. The van der Waals surface area contributed by atoms with Gasteiger partial charge in [-0.25, -0.2) is 14.6 Å². The molecule has 4 N–H and O–H groups in total.